The van der Waals surface area contributed by atoms with Crippen LogP contribution in [0, 0.1) is 0 Å². The van der Waals surface area contributed by atoms with Crippen LogP contribution in [0.15, 0.2) is 47.1 Å². The van der Waals surface area contributed by atoms with Crippen LogP contribution >= 0.6 is 0 Å². The van der Waals surface area contributed by atoms with Crippen molar-refractivity contribution in [2.24, 2.45) is 0 Å². The molecule has 0 aliphatic rings. The average molecular weight is 322 g/mol. The summed E-state index contributed by atoms with van der Waals surface area (Å²) >= 11 is 0. The monoisotopic (exact) mass is 322 g/mol. The third kappa shape index (κ3) is 5.25. The van der Waals surface area contributed by atoms with Crippen LogP contribution in [-0.4, -0.2) is 20.6 Å². The Balaban J connectivity index is 1.89. The van der Waals surface area contributed by atoms with Crippen molar-refractivity contribution in [1.82, 2.24) is 5.32 Å². The van der Waals surface area contributed by atoms with Crippen molar-refractivity contribution in [2.45, 2.75) is 19.4 Å². The molecule has 22 heavy (non-hydrogen) atoms. The second-order valence-electron chi connectivity index (χ2n) is 4.89. The summed E-state index contributed by atoms with van der Waals surface area (Å²) in [6.45, 7) is 0.260. The minimum Gasteiger partial charge on any atom is -0.469 e. The molecule has 0 aliphatic carbocycles. The van der Waals surface area contributed by atoms with E-state index < -0.39 is 10.0 Å². The van der Waals surface area contributed by atoms with E-state index in [-0.39, 0.29) is 12.5 Å². The topological polar surface area (TPSA) is 88.4 Å². The summed E-state index contributed by atoms with van der Waals surface area (Å²) in [5, 5.41) is 2.77. The number of nitrogens with one attached hydrogen (secondary N) is 2. The predicted octanol–water partition coefficient (Wildman–Crippen LogP) is 1.90. The lowest BCUT2D eigenvalue weighted by Gasteiger charge is -2.11. The maximum Gasteiger partial charge on any atom is 0.229 e. The number of amides is 1. The molecule has 0 aliphatic heterocycles. The number of carbonyl (C=O) groups is 1. The summed E-state index contributed by atoms with van der Waals surface area (Å²) in [6, 6.07) is 10.5. The largest absolute Gasteiger partial charge is 0.469 e. The summed E-state index contributed by atoms with van der Waals surface area (Å²) < 4.78 is 30.2. The highest BCUT2D eigenvalue weighted by molar-refractivity contribution is 7.92. The van der Waals surface area contributed by atoms with Crippen LogP contribution in [-0.2, 0) is 27.8 Å². The molecule has 0 radical (unpaired) electrons. The van der Waals surface area contributed by atoms with Gasteiger partial charge < -0.3 is 9.73 Å². The zero-order valence-corrected chi connectivity index (χ0v) is 13.0. The van der Waals surface area contributed by atoms with Gasteiger partial charge in [-0.15, -0.1) is 0 Å². The molecule has 1 aromatic carbocycles. The molecule has 7 heteroatoms. The van der Waals surface area contributed by atoms with Gasteiger partial charge in [-0.2, -0.15) is 0 Å². The number of hydrogen-bond acceptors (Lipinski definition) is 4. The van der Waals surface area contributed by atoms with Crippen LogP contribution in [0.2, 0.25) is 0 Å². The number of para-hydroxylation sites is 1. The van der Waals surface area contributed by atoms with Gasteiger partial charge in [-0.25, -0.2) is 8.42 Å². The molecule has 2 rings (SSSR count). The highest BCUT2D eigenvalue weighted by Gasteiger charge is 2.09. The first-order chi connectivity index (χ1) is 10.4. The van der Waals surface area contributed by atoms with E-state index >= 15 is 0 Å². The van der Waals surface area contributed by atoms with Crippen molar-refractivity contribution >= 4 is 21.6 Å². The number of carbonyl (C=O) groups excluding carboxylic acids is 1. The molecule has 6 nitrogen and oxygen atoms in total. The molecule has 0 bridgehead atoms. The first-order valence-electron chi connectivity index (χ1n) is 6.79. The molecule has 0 spiro atoms. The summed E-state index contributed by atoms with van der Waals surface area (Å²) in [5.74, 6) is 0.639. The van der Waals surface area contributed by atoms with E-state index in [0.717, 1.165) is 12.0 Å². The van der Waals surface area contributed by atoms with Crippen LogP contribution in [0.25, 0.3) is 0 Å². The van der Waals surface area contributed by atoms with E-state index in [1.54, 1.807) is 36.6 Å². The molecule has 1 amide bonds. The van der Waals surface area contributed by atoms with Crippen molar-refractivity contribution < 1.29 is 17.6 Å². The standard InChI is InChI=1S/C15H18N2O4S/c1-22(19,20)17-14-7-3-2-5-12(14)11-16-15(18)9-8-13-6-4-10-21-13/h2-7,10,17H,8-9,11H2,1H3,(H,16,18). The molecular formula is C15H18N2O4S. The number of furan rings is 1. The van der Waals surface area contributed by atoms with Crippen molar-refractivity contribution in [1.29, 1.82) is 0 Å². The van der Waals surface area contributed by atoms with E-state index in [1.165, 1.54) is 0 Å². The van der Waals surface area contributed by atoms with Crippen molar-refractivity contribution in [2.75, 3.05) is 11.0 Å². The first-order valence-corrected chi connectivity index (χ1v) is 8.68. The predicted molar refractivity (Wildman–Crippen MR) is 83.8 cm³/mol. The van der Waals surface area contributed by atoms with Crippen molar-refractivity contribution in [3.05, 3.63) is 54.0 Å². The number of hydrogen-bond donors (Lipinski definition) is 2. The highest BCUT2D eigenvalue weighted by atomic mass is 32.2. The highest BCUT2D eigenvalue weighted by Crippen LogP contribution is 2.16. The molecule has 1 aromatic heterocycles. The molecule has 0 fully saturated rings. The van der Waals surface area contributed by atoms with Gasteiger partial charge in [0.15, 0.2) is 0 Å². The van der Waals surface area contributed by atoms with Gasteiger partial charge in [0.1, 0.15) is 5.76 Å². The molecular weight excluding hydrogens is 304 g/mol. The van der Waals surface area contributed by atoms with Gasteiger partial charge >= 0.3 is 0 Å². The van der Waals surface area contributed by atoms with Gasteiger partial charge in [0.25, 0.3) is 0 Å². The summed E-state index contributed by atoms with van der Waals surface area (Å²) in [7, 11) is -3.35. The van der Waals surface area contributed by atoms with Crippen LogP contribution in [0.5, 0.6) is 0 Å². The fourth-order valence-corrected chi connectivity index (χ4v) is 2.55. The Morgan fingerprint density at radius 2 is 1.95 bits per heavy atom. The third-order valence-corrected chi connectivity index (χ3v) is 3.56. The summed E-state index contributed by atoms with van der Waals surface area (Å²) in [4.78, 5) is 11.8. The Hall–Kier alpha value is -2.28. The van der Waals surface area contributed by atoms with Gasteiger partial charge in [0.05, 0.1) is 18.2 Å². The quantitative estimate of drug-likeness (QED) is 0.815. The molecule has 2 aromatic rings. The van der Waals surface area contributed by atoms with E-state index in [2.05, 4.69) is 10.0 Å². The van der Waals surface area contributed by atoms with Crippen LogP contribution in [0.4, 0.5) is 5.69 Å². The zero-order valence-electron chi connectivity index (χ0n) is 12.2. The van der Waals surface area contributed by atoms with Gasteiger partial charge in [-0.1, -0.05) is 18.2 Å². The Morgan fingerprint density at radius 3 is 2.64 bits per heavy atom. The van der Waals surface area contributed by atoms with E-state index in [0.29, 0.717) is 24.1 Å². The number of benzene rings is 1. The summed E-state index contributed by atoms with van der Waals surface area (Å²) in [5.41, 5.74) is 1.18. The Morgan fingerprint density at radius 1 is 1.18 bits per heavy atom. The Bertz CT molecular complexity index is 724. The lowest BCUT2D eigenvalue weighted by atomic mass is 10.2. The smallest absolute Gasteiger partial charge is 0.229 e. The normalized spacial score (nSPS) is 11.1. The van der Waals surface area contributed by atoms with Crippen LogP contribution < -0.4 is 10.0 Å². The fourth-order valence-electron chi connectivity index (χ4n) is 1.95. The van der Waals surface area contributed by atoms with Gasteiger partial charge in [-0.3, -0.25) is 9.52 Å². The number of sulfonamides is 1. The zero-order chi connectivity index (χ0) is 16.0. The maximum absolute atomic E-state index is 11.8. The Kier molecular flexibility index (Phi) is 5.21. The molecule has 0 atom stereocenters. The van der Waals surface area contributed by atoms with Crippen molar-refractivity contribution in [3.8, 4) is 0 Å². The number of anilines is 1. The lowest BCUT2D eigenvalue weighted by molar-refractivity contribution is -0.121. The van der Waals surface area contributed by atoms with E-state index in [1.807, 2.05) is 6.07 Å². The Labute approximate surface area is 129 Å². The molecule has 0 unspecified atom stereocenters. The van der Waals surface area contributed by atoms with Crippen molar-refractivity contribution in [3.63, 3.8) is 0 Å². The fraction of sp³-hybridized carbons (Fsp3) is 0.267. The number of aryl methyl sites for hydroxylation is 1. The molecule has 1 heterocycles. The second kappa shape index (κ2) is 7.13. The minimum atomic E-state index is -3.35. The first kappa shape index (κ1) is 16.1. The van der Waals surface area contributed by atoms with E-state index in [4.69, 9.17) is 4.42 Å². The van der Waals surface area contributed by atoms with Gasteiger partial charge in [0, 0.05) is 19.4 Å². The molecule has 0 saturated carbocycles. The second-order valence-corrected chi connectivity index (χ2v) is 6.64. The van der Waals surface area contributed by atoms with Gasteiger partial charge in [-0.05, 0) is 23.8 Å². The molecule has 2 N–H and O–H groups in total. The summed E-state index contributed by atoms with van der Waals surface area (Å²) in [6.07, 6.45) is 3.50. The SMILES string of the molecule is CS(=O)(=O)Nc1ccccc1CNC(=O)CCc1ccco1. The third-order valence-electron chi connectivity index (χ3n) is 2.97. The van der Waals surface area contributed by atoms with Gasteiger partial charge in [0.2, 0.25) is 15.9 Å². The molecule has 0 saturated heterocycles. The van der Waals surface area contributed by atoms with Crippen LogP contribution in [0.1, 0.15) is 17.7 Å². The number of rotatable bonds is 7. The van der Waals surface area contributed by atoms with E-state index in [9.17, 15) is 13.2 Å². The molecule has 118 valence electrons. The lowest BCUT2D eigenvalue weighted by Crippen LogP contribution is -2.24. The maximum atomic E-state index is 11.8. The average Bonchev–Trinajstić information content (AvgIpc) is 2.96. The minimum absolute atomic E-state index is 0.120. The van der Waals surface area contributed by atoms with Crippen LogP contribution in [0.3, 0.4) is 0 Å².